The van der Waals surface area contributed by atoms with Crippen LogP contribution in [0.15, 0.2) is 48.0 Å². The number of aromatic nitrogens is 3. The molecule has 0 aromatic carbocycles. The third-order valence-electron chi connectivity index (χ3n) is 3.36. The van der Waals surface area contributed by atoms with Crippen LogP contribution in [0.2, 0.25) is 5.15 Å². The van der Waals surface area contributed by atoms with Crippen LogP contribution in [0.5, 0.6) is 0 Å². The van der Waals surface area contributed by atoms with Gasteiger partial charge >= 0.3 is 0 Å². The van der Waals surface area contributed by atoms with Crippen LogP contribution in [0.3, 0.4) is 0 Å². The summed E-state index contributed by atoms with van der Waals surface area (Å²) < 4.78 is 1.59. The summed E-state index contributed by atoms with van der Waals surface area (Å²) in [5.74, 6) is -0.397. The van der Waals surface area contributed by atoms with Crippen LogP contribution in [-0.4, -0.2) is 40.5 Å². The van der Waals surface area contributed by atoms with Gasteiger partial charge in [0.25, 0.3) is 0 Å². The van der Waals surface area contributed by atoms with E-state index in [0.29, 0.717) is 12.2 Å². The Morgan fingerprint density at radius 2 is 2.38 bits per heavy atom. The molecule has 1 unspecified atom stereocenters. The van der Waals surface area contributed by atoms with Gasteiger partial charge in [0.05, 0.1) is 30.5 Å². The van der Waals surface area contributed by atoms with Gasteiger partial charge < -0.3 is 10.6 Å². The van der Waals surface area contributed by atoms with Crippen molar-refractivity contribution in [3.63, 3.8) is 0 Å². The number of hydrogen-bond acceptors (Lipinski definition) is 5. The van der Waals surface area contributed by atoms with Gasteiger partial charge in [0.2, 0.25) is 5.91 Å². The second-order valence-corrected chi connectivity index (χ2v) is 5.52. The molecule has 126 valence electrons. The lowest BCUT2D eigenvalue weighted by Crippen LogP contribution is -2.32. The van der Waals surface area contributed by atoms with E-state index in [4.69, 9.17) is 17.3 Å². The summed E-state index contributed by atoms with van der Waals surface area (Å²) in [5.41, 5.74) is 6.51. The highest BCUT2D eigenvalue weighted by Crippen LogP contribution is 2.26. The largest absolute Gasteiger partial charge is 0.405 e. The molecule has 0 aliphatic heterocycles. The number of anilines is 1. The van der Waals surface area contributed by atoms with Gasteiger partial charge in [0, 0.05) is 19.5 Å². The zero-order valence-corrected chi connectivity index (χ0v) is 14.3. The molecule has 2 rings (SSSR count). The van der Waals surface area contributed by atoms with E-state index in [-0.39, 0.29) is 17.0 Å². The first-order valence-corrected chi connectivity index (χ1v) is 7.72. The van der Waals surface area contributed by atoms with E-state index in [9.17, 15) is 4.79 Å². The molecule has 2 aromatic rings. The molecule has 0 aliphatic rings. The number of halogens is 1. The van der Waals surface area contributed by atoms with Crippen molar-refractivity contribution in [3.8, 4) is 5.69 Å². The van der Waals surface area contributed by atoms with Crippen LogP contribution in [0, 0.1) is 5.92 Å². The van der Waals surface area contributed by atoms with Crippen molar-refractivity contribution in [1.29, 1.82) is 0 Å². The average molecular weight is 347 g/mol. The number of nitrogens with zero attached hydrogens (tertiary/aromatic N) is 5. The molecule has 2 aromatic heterocycles. The lowest BCUT2D eigenvalue weighted by atomic mass is 10.1. The molecule has 0 fully saturated rings. The fourth-order valence-electron chi connectivity index (χ4n) is 2.05. The first-order chi connectivity index (χ1) is 11.5. The van der Waals surface area contributed by atoms with Gasteiger partial charge in [-0.2, -0.15) is 5.10 Å². The van der Waals surface area contributed by atoms with Crippen molar-refractivity contribution in [2.24, 2.45) is 16.6 Å². The Hall–Kier alpha value is -2.67. The van der Waals surface area contributed by atoms with Gasteiger partial charge in [0.1, 0.15) is 5.69 Å². The van der Waals surface area contributed by atoms with Crippen molar-refractivity contribution in [2.75, 3.05) is 18.5 Å². The summed E-state index contributed by atoms with van der Waals surface area (Å²) in [6.07, 6.45) is 9.59. The summed E-state index contributed by atoms with van der Waals surface area (Å²) in [6, 6.07) is 3.65. The molecule has 0 saturated carbocycles. The maximum absolute atomic E-state index is 12.5. The second kappa shape index (κ2) is 8.26. The van der Waals surface area contributed by atoms with Crippen molar-refractivity contribution < 1.29 is 4.79 Å². The molecule has 0 aliphatic carbocycles. The molecule has 2 heterocycles. The molecule has 1 amide bonds. The molecule has 24 heavy (non-hydrogen) atoms. The van der Waals surface area contributed by atoms with Crippen molar-refractivity contribution in [1.82, 2.24) is 14.8 Å². The lowest BCUT2D eigenvalue weighted by molar-refractivity contribution is -0.121. The Balaban J connectivity index is 2.13. The molecule has 2 N–H and O–H groups in total. The van der Waals surface area contributed by atoms with Gasteiger partial charge in [-0.3, -0.25) is 14.8 Å². The van der Waals surface area contributed by atoms with Crippen LogP contribution < -0.4 is 10.6 Å². The predicted octanol–water partition coefficient (Wildman–Crippen LogP) is 2.06. The summed E-state index contributed by atoms with van der Waals surface area (Å²) in [6.45, 7) is 2.17. The van der Waals surface area contributed by atoms with Gasteiger partial charge in [-0.15, -0.1) is 0 Å². The minimum atomic E-state index is -0.296. The standard InChI is InChI=1S/C16H19ClN6O/c1-12(9-19-8-4-6-18)16(24)22(2)14-11-23(21-15(14)17)13-5-3-7-20-10-13/h3-8,10-12H,9,18H2,1-2H3. The van der Waals surface area contributed by atoms with E-state index in [0.717, 1.165) is 5.69 Å². The SMILES string of the molecule is CC(CN=CC=CN)C(=O)N(C)c1cn(-c2cccnc2)nc1Cl. The number of carbonyl (C=O) groups is 1. The van der Waals surface area contributed by atoms with E-state index in [1.807, 2.05) is 13.0 Å². The number of carbonyl (C=O) groups excluding carboxylic acids is 1. The minimum absolute atomic E-state index is 0.100. The summed E-state index contributed by atoms with van der Waals surface area (Å²) in [4.78, 5) is 22.2. The Morgan fingerprint density at radius 1 is 1.58 bits per heavy atom. The summed E-state index contributed by atoms with van der Waals surface area (Å²) in [7, 11) is 1.67. The summed E-state index contributed by atoms with van der Waals surface area (Å²) in [5, 5.41) is 4.47. The van der Waals surface area contributed by atoms with Gasteiger partial charge in [-0.05, 0) is 24.4 Å². The third kappa shape index (κ3) is 4.20. The Labute approximate surface area is 145 Å². The second-order valence-electron chi connectivity index (χ2n) is 5.16. The van der Waals surface area contributed by atoms with Gasteiger partial charge in [-0.25, -0.2) is 4.68 Å². The van der Waals surface area contributed by atoms with Gasteiger partial charge in [0.15, 0.2) is 5.15 Å². The Kier molecular flexibility index (Phi) is 6.08. The zero-order valence-electron chi connectivity index (χ0n) is 13.5. The number of rotatable bonds is 6. The maximum atomic E-state index is 12.5. The average Bonchev–Trinajstić information content (AvgIpc) is 2.99. The van der Waals surface area contributed by atoms with Crippen LogP contribution in [0.4, 0.5) is 5.69 Å². The topological polar surface area (TPSA) is 89.4 Å². The maximum Gasteiger partial charge on any atom is 0.231 e. The van der Waals surface area contributed by atoms with Crippen molar-refractivity contribution in [2.45, 2.75) is 6.92 Å². The highest BCUT2D eigenvalue weighted by molar-refractivity contribution is 6.32. The van der Waals surface area contributed by atoms with E-state index in [1.165, 1.54) is 11.1 Å². The Bertz CT molecular complexity index is 740. The Morgan fingerprint density at radius 3 is 3.04 bits per heavy atom. The highest BCUT2D eigenvalue weighted by Gasteiger charge is 2.22. The molecule has 0 radical (unpaired) electrons. The van der Waals surface area contributed by atoms with Crippen LogP contribution >= 0.6 is 11.6 Å². The van der Waals surface area contributed by atoms with Crippen LogP contribution in [0.25, 0.3) is 5.69 Å². The minimum Gasteiger partial charge on any atom is -0.405 e. The number of nitrogens with two attached hydrogens (primary N) is 1. The zero-order chi connectivity index (χ0) is 17.5. The van der Waals surface area contributed by atoms with Crippen molar-refractivity contribution >= 4 is 29.4 Å². The van der Waals surface area contributed by atoms with Gasteiger partial charge in [-0.1, -0.05) is 18.5 Å². The molecule has 0 bridgehead atoms. The van der Waals surface area contributed by atoms with Crippen LogP contribution in [0.1, 0.15) is 6.92 Å². The fourth-order valence-corrected chi connectivity index (χ4v) is 2.30. The smallest absolute Gasteiger partial charge is 0.231 e. The predicted molar refractivity (Wildman–Crippen MR) is 95.6 cm³/mol. The van der Waals surface area contributed by atoms with Crippen molar-refractivity contribution in [3.05, 3.63) is 48.2 Å². The lowest BCUT2D eigenvalue weighted by Gasteiger charge is -2.19. The monoisotopic (exact) mass is 346 g/mol. The van der Waals surface area contributed by atoms with E-state index >= 15 is 0 Å². The highest BCUT2D eigenvalue weighted by atomic mass is 35.5. The number of allylic oxidation sites excluding steroid dienone is 1. The van der Waals surface area contributed by atoms with E-state index in [2.05, 4.69) is 15.1 Å². The first-order valence-electron chi connectivity index (χ1n) is 7.34. The number of hydrogen-bond donors (Lipinski definition) is 1. The quantitative estimate of drug-likeness (QED) is 0.811. The third-order valence-corrected chi connectivity index (χ3v) is 3.63. The molecular weight excluding hydrogens is 328 g/mol. The molecule has 8 heteroatoms. The normalized spacial score (nSPS) is 12.8. The molecule has 0 saturated heterocycles. The fraction of sp³-hybridized carbons (Fsp3) is 0.250. The summed E-state index contributed by atoms with van der Waals surface area (Å²) >= 11 is 6.19. The van der Waals surface area contributed by atoms with Crippen LogP contribution in [-0.2, 0) is 4.79 Å². The molecule has 1 atom stereocenters. The molecule has 0 spiro atoms. The van der Waals surface area contributed by atoms with E-state index in [1.54, 1.807) is 48.7 Å². The number of amides is 1. The molecular formula is C16H19ClN6O. The number of aliphatic imine (C=N–C) groups is 1. The van der Waals surface area contributed by atoms with E-state index < -0.39 is 0 Å². The first kappa shape index (κ1) is 17.7. The number of pyridine rings is 1. The molecule has 7 nitrogen and oxygen atoms in total.